The van der Waals surface area contributed by atoms with Crippen LogP contribution in [0.5, 0.6) is 0 Å². The van der Waals surface area contributed by atoms with Crippen molar-refractivity contribution in [3.63, 3.8) is 0 Å². The average Bonchev–Trinajstić information content (AvgIpc) is 3.11. The highest BCUT2D eigenvalue weighted by Gasteiger charge is 2.45. The minimum atomic E-state index is -3.47. The van der Waals surface area contributed by atoms with Gasteiger partial charge < -0.3 is 0 Å². The lowest BCUT2D eigenvalue weighted by Gasteiger charge is -2.25. The van der Waals surface area contributed by atoms with Crippen molar-refractivity contribution in [1.29, 1.82) is 0 Å². The van der Waals surface area contributed by atoms with E-state index in [4.69, 9.17) is 0 Å². The molecule has 0 spiro atoms. The number of benzene rings is 1. The Morgan fingerprint density at radius 3 is 2.48 bits per heavy atom. The molecule has 0 unspecified atom stereocenters. The summed E-state index contributed by atoms with van der Waals surface area (Å²) in [5, 5.41) is 5.24. The first kappa shape index (κ1) is 18.4. The summed E-state index contributed by atoms with van der Waals surface area (Å²) in [6, 6.07) is 5.56. The smallest absolute Gasteiger partial charge is 0.242 e. The molecule has 2 aromatic rings. The Kier molecular flexibility index (Phi) is 4.71. The first-order chi connectivity index (χ1) is 11.6. The molecule has 1 aliphatic carbocycles. The van der Waals surface area contributed by atoms with E-state index in [1.54, 1.807) is 25.4 Å². The van der Waals surface area contributed by atoms with Gasteiger partial charge in [0.15, 0.2) is 0 Å². The van der Waals surface area contributed by atoms with Gasteiger partial charge in [-0.25, -0.2) is 12.7 Å². The molecule has 6 heteroatoms. The molecule has 0 aliphatic heterocycles. The molecule has 3 rings (SSSR count). The van der Waals surface area contributed by atoms with E-state index in [0.717, 1.165) is 30.2 Å². The van der Waals surface area contributed by atoms with E-state index in [2.05, 4.69) is 32.8 Å². The Morgan fingerprint density at radius 2 is 1.92 bits per heavy atom. The molecule has 1 aromatic heterocycles. The molecule has 138 valence electrons. The van der Waals surface area contributed by atoms with Gasteiger partial charge in [-0.3, -0.25) is 4.68 Å². The SMILES string of the molecule is CC(C)CC1(CN(C)S(=O)(=O)c2ccc3c(cnn3C(C)C)c2)CC1. The zero-order valence-corrected chi connectivity index (χ0v) is 16.7. The third-order valence-corrected chi connectivity index (χ3v) is 6.92. The van der Waals surface area contributed by atoms with Crippen molar-refractivity contribution < 1.29 is 8.42 Å². The molecule has 25 heavy (non-hydrogen) atoms. The summed E-state index contributed by atoms with van der Waals surface area (Å²) in [7, 11) is -1.77. The van der Waals surface area contributed by atoms with E-state index in [1.165, 1.54) is 4.31 Å². The van der Waals surface area contributed by atoms with Crippen LogP contribution in [0.3, 0.4) is 0 Å². The second kappa shape index (κ2) is 6.40. The molecule has 0 saturated heterocycles. The van der Waals surface area contributed by atoms with Crippen LogP contribution in [0.1, 0.15) is 53.0 Å². The number of aromatic nitrogens is 2. The summed E-state index contributed by atoms with van der Waals surface area (Å²) in [5.41, 5.74) is 1.15. The third-order valence-electron chi connectivity index (χ3n) is 5.12. The molecule has 1 aliphatic rings. The number of hydrogen-bond donors (Lipinski definition) is 0. The molecule has 0 bridgehead atoms. The summed E-state index contributed by atoms with van der Waals surface area (Å²) in [4.78, 5) is 0.353. The molecule has 0 atom stereocenters. The van der Waals surface area contributed by atoms with Gasteiger partial charge >= 0.3 is 0 Å². The molecule has 0 N–H and O–H groups in total. The molecular weight excluding hydrogens is 334 g/mol. The first-order valence-electron chi connectivity index (χ1n) is 9.08. The number of fused-ring (bicyclic) bond motifs is 1. The van der Waals surface area contributed by atoms with Crippen LogP contribution < -0.4 is 0 Å². The highest BCUT2D eigenvalue weighted by Crippen LogP contribution is 2.51. The molecule has 1 saturated carbocycles. The van der Waals surface area contributed by atoms with E-state index in [0.29, 0.717) is 17.4 Å². The van der Waals surface area contributed by atoms with Crippen molar-refractivity contribution in [1.82, 2.24) is 14.1 Å². The Bertz CT molecular complexity index is 864. The largest absolute Gasteiger partial charge is 0.262 e. The van der Waals surface area contributed by atoms with Crippen LogP contribution in [0.4, 0.5) is 0 Å². The lowest BCUT2D eigenvalue weighted by atomic mass is 9.94. The van der Waals surface area contributed by atoms with Gasteiger partial charge in [-0.05, 0) is 62.6 Å². The quantitative estimate of drug-likeness (QED) is 0.745. The zero-order chi connectivity index (χ0) is 18.4. The Balaban J connectivity index is 1.85. The fraction of sp³-hybridized carbons (Fsp3) is 0.632. The Labute approximate surface area is 151 Å². The number of rotatable bonds is 7. The van der Waals surface area contributed by atoms with Crippen molar-refractivity contribution in [2.45, 2.75) is 57.9 Å². The van der Waals surface area contributed by atoms with E-state index < -0.39 is 10.0 Å². The minimum absolute atomic E-state index is 0.183. The molecule has 0 radical (unpaired) electrons. The van der Waals surface area contributed by atoms with Crippen LogP contribution in [0, 0.1) is 11.3 Å². The van der Waals surface area contributed by atoms with Gasteiger partial charge in [0.2, 0.25) is 10.0 Å². The van der Waals surface area contributed by atoms with E-state index in [-0.39, 0.29) is 11.5 Å². The summed E-state index contributed by atoms with van der Waals surface area (Å²) in [5.74, 6) is 0.594. The molecule has 5 nitrogen and oxygen atoms in total. The molecule has 1 fully saturated rings. The fourth-order valence-corrected chi connectivity index (χ4v) is 5.13. The average molecular weight is 364 g/mol. The lowest BCUT2D eigenvalue weighted by molar-refractivity contribution is 0.313. The fourth-order valence-electron chi connectivity index (χ4n) is 3.81. The van der Waals surface area contributed by atoms with Gasteiger partial charge in [0.1, 0.15) is 0 Å². The second-order valence-electron chi connectivity index (χ2n) is 8.26. The third kappa shape index (κ3) is 3.60. The highest BCUT2D eigenvalue weighted by molar-refractivity contribution is 7.89. The van der Waals surface area contributed by atoms with Gasteiger partial charge in [0.05, 0.1) is 16.6 Å². The van der Waals surface area contributed by atoms with Gasteiger partial charge in [-0.15, -0.1) is 0 Å². The number of sulfonamides is 1. The van der Waals surface area contributed by atoms with E-state index in [9.17, 15) is 8.42 Å². The van der Waals surface area contributed by atoms with Gasteiger partial charge in [-0.2, -0.15) is 5.10 Å². The van der Waals surface area contributed by atoms with Crippen LogP contribution >= 0.6 is 0 Å². The maximum Gasteiger partial charge on any atom is 0.242 e. The summed E-state index contributed by atoms with van der Waals surface area (Å²) >= 11 is 0. The van der Waals surface area contributed by atoms with Crippen LogP contribution in [0.15, 0.2) is 29.3 Å². The maximum absolute atomic E-state index is 13.0. The standard InChI is InChI=1S/C19H29N3O2S/c1-14(2)11-19(8-9-19)13-21(5)25(23,24)17-6-7-18-16(10-17)12-20-22(18)15(3)4/h6-7,10,12,14-15H,8-9,11,13H2,1-5H3. The lowest BCUT2D eigenvalue weighted by Crippen LogP contribution is -2.33. The number of nitrogens with zero attached hydrogens (tertiary/aromatic N) is 3. The minimum Gasteiger partial charge on any atom is -0.262 e. The van der Waals surface area contributed by atoms with Gasteiger partial charge in [-0.1, -0.05) is 13.8 Å². The van der Waals surface area contributed by atoms with Crippen molar-refractivity contribution in [3.05, 3.63) is 24.4 Å². The predicted octanol–water partition coefficient (Wildman–Crippen LogP) is 4.06. The summed E-state index contributed by atoms with van der Waals surface area (Å²) in [6.45, 7) is 9.14. The number of hydrogen-bond acceptors (Lipinski definition) is 3. The summed E-state index contributed by atoms with van der Waals surface area (Å²) < 4.78 is 29.5. The molecule has 1 aromatic carbocycles. The van der Waals surface area contributed by atoms with Crippen molar-refractivity contribution >= 4 is 20.9 Å². The second-order valence-corrected chi connectivity index (χ2v) is 10.3. The van der Waals surface area contributed by atoms with Crippen molar-refractivity contribution in [3.8, 4) is 0 Å². The molecule has 0 amide bonds. The Hall–Kier alpha value is -1.40. The van der Waals surface area contributed by atoms with Crippen molar-refractivity contribution in [2.24, 2.45) is 11.3 Å². The van der Waals surface area contributed by atoms with Crippen molar-refractivity contribution in [2.75, 3.05) is 13.6 Å². The molecular formula is C19H29N3O2S. The normalized spacial score (nSPS) is 17.1. The summed E-state index contributed by atoms with van der Waals surface area (Å²) in [6.07, 6.45) is 5.10. The van der Waals surface area contributed by atoms with Crippen LogP contribution in [0.2, 0.25) is 0 Å². The Morgan fingerprint density at radius 1 is 1.24 bits per heavy atom. The van der Waals surface area contributed by atoms with Crippen LogP contribution in [0.25, 0.3) is 10.9 Å². The maximum atomic E-state index is 13.0. The van der Waals surface area contributed by atoms with Crippen LogP contribution in [-0.4, -0.2) is 36.1 Å². The monoisotopic (exact) mass is 363 g/mol. The first-order valence-corrected chi connectivity index (χ1v) is 10.5. The van der Waals surface area contributed by atoms with Gasteiger partial charge in [0, 0.05) is 25.0 Å². The van der Waals surface area contributed by atoms with Crippen LogP contribution in [-0.2, 0) is 10.0 Å². The van der Waals surface area contributed by atoms with E-state index in [1.807, 2.05) is 10.7 Å². The predicted molar refractivity (Wildman–Crippen MR) is 101 cm³/mol. The van der Waals surface area contributed by atoms with E-state index >= 15 is 0 Å². The van der Waals surface area contributed by atoms with Gasteiger partial charge in [0.25, 0.3) is 0 Å². The topological polar surface area (TPSA) is 55.2 Å². The highest BCUT2D eigenvalue weighted by atomic mass is 32.2. The molecule has 1 heterocycles. The zero-order valence-electron chi connectivity index (χ0n) is 15.9.